The fraction of sp³-hybridized carbons (Fsp3) is 0.364. The van der Waals surface area contributed by atoms with Gasteiger partial charge in [0.05, 0.1) is 16.6 Å². The van der Waals surface area contributed by atoms with E-state index in [1.54, 1.807) is 6.92 Å². The fourth-order valence-electron chi connectivity index (χ4n) is 1.39. The summed E-state index contributed by atoms with van der Waals surface area (Å²) in [4.78, 5) is 21.2. The number of nitro benzene ring substituents is 1. The quantitative estimate of drug-likeness (QED) is 0.510. The normalized spacial score (nSPS) is 12.0. The molecule has 1 amide bonds. The molecule has 1 N–H and O–H groups in total. The average Bonchev–Trinajstić information content (AvgIpc) is 2.37. The van der Waals surface area contributed by atoms with E-state index >= 15 is 0 Å². The van der Waals surface area contributed by atoms with Crippen molar-refractivity contribution < 1.29 is 18.5 Å². The Morgan fingerprint density at radius 2 is 2.16 bits per heavy atom. The molecule has 0 radical (unpaired) electrons. The lowest BCUT2D eigenvalue weighted by Crippen LogP contribution is -2.36. The second-order valence-corrected chi connectivity index (χ2v) is 4.42. The van der Waals surface area contributed by atoms with Crippen molar-refractivity contribution in [3.05, 3.63) is 39.4 Å². The molecule has 8 heteroatoms. The van der Waals surface area contributed by atoms with Crippen molar-refractivity contribution in [1.82, 2.24) is 5.32 Å². The standard InChI is InChI=1S/C11H11BrF2N2O3/c1-2-7(5-12)15-11(17)8-3-6(13)4-9(10(8)14)16(18)19/h3-4,7H,2,5H2,1H3,(H,15,17). The number of amides is 1. The first-order valence-electron chi connectivity index (χ1n) is 5.41. The van der Waals surface area contributed by atoms with Crippen LogP contribution in [0.4, 0.5) is 14.5 Å². The van der Waals surface area contributed by atoms with Crippen molar-refractivity contribution in [1.29, 1.82) is 0 Å². The van der Waals surface area contributed by atoms with Gasteiger partial charge in [-0.2, -0.15) is 4.39 Å². The van der Waals surface area contributed by atoms with Gasteiger partial charge in [0, 0.05) is 11.4 Å². The molecule has 0 aliphatic heterocycles. The maximum Gasteiger partial charge on any atom is 0.308 e. The summed E-state index contributed by atoms with van der Waals surface area (Å²) in [5.41, 5.74) is -1.73. The van der Waals surface area contributed by atoms with Crippen LogP contribution < -0.4 is 5.32 Å². The lowest BCUT2D eigenvalue weighted by Gasteiger charge is -2.14. The van der Waals surface area contributed by atoms with Crippen molar-refractivity contribution in [3.63, 3.8) is 0 Å². The van der Waals surface area contributed by atoms with Crippen LogP contribution in [-0.4, -0.2) is 22.2 Å². The SMILES string of the molecule is CCC(CBr)NC(=O)c1cc(F)cc([N+](=O)[O-])c1F. The van der Waals surface area contributed by atoms with Gasteiger partial charge in [0.2, 0.25) is 5.82 Å². The fourth-order valence-corrected chi connectivity index (χ4v) is 2.01. The highest BCUT2D eigenvalue weighted by atomic mass is 79.9. The van der Waals surface area contributed by atoms with Crippen LogP contribution in [0.15, 0.2) is 12.1 Å². The van der Waals surface area contributed by atoms with Crippen LogP contribution in [0, 0.1) is 21.7 Å². The molecule has 1 aromatic rings. The number of carbonyl (C=O) groups excluding carboxylic acids is 1. The van der Waals surface area contributed by atoms with Gasteiger partial charge in [-0.25, -0.2) is 4.39 Å². The number of nitrogens with zero attached hydrogens (tertiary/aromatic N) is 1. The molecule has 0 heterocycles. The Morgan fingerprint density at radius 3 is 2.63 bits per heavy atom. The minimum absolute atomic E-state index is 0.269. The molecule has 0 aliphatic carbocycles. The number of alkyl halides is 1. The molecule has 5 nitrogen and oxygen atoms in total. The van der Waals surface area contributed by atoms with E-state index in [-0.39, 0.29) is 6.04 Å². The molecule has 0 aromatic heterocycles. The minimum atomic E-state index is -1.34. The highest BCUT2D eigenvalue weighted by Gasteiger charge is 2.25. The molecule has 0 fully saturated rings. The molecule has 1 aromatic carbocycles. The van der Waals surface area contributed by atoms with E-state index < -0.39 is 33.7 Å². The predicted molar refractivity (Wildman–Crippen MR) is 68.4 cm³/mol. The Hall–Kier alpha value is -1.57. The summed E-state index contributed by atoms with van der Waals surface area (Å²) in [7, 11) is 0. The van der Waals surface area contributed by atoms with Crippen molar-refractivity contribution in [2.75, 3.05) is 5.33 Å². The second-order valence-electron chi connectivity index (χ2n) is 3.78. The van der Waals surface area contributed by atoms with Crippen LogP contribution in [-0.2, 0) is 0 Å². The lowest BCUT2D eigenvalue weighted by molar-refractivity contribution is -0.387. The number of hydrogen-bond acceptors (Lipinski definition) is 3. The third-order valence-electron chi connectivity index (χ3n) is 2.47. The van der Waals surface area contributed by atoms with Crippen molar-refractivity contribution in [2.24, 2.45) is 0 Å². The Balaban J connectivity index is 3.13. The van der Waals surface area contributed by atoms with E-state index in [4.69, 9.17) is 0 Å². The number of hydrogen-bond donors (Lipinski definition) is 1. The highest BCUT2D eigenvalue weighted by Crippen LogP contribution is 2.22. The van der Waals surface area contributed by atoms with Gasteiger partial charge in [-0.3, -0.25) is 14.9 Å². The zero-order valence-electron chi connectivity index (χ0n) is 9.95. The van der Waals surface area contributed by atoms with Gasteiger partial charge in [-0.05, 0) is 12.5 Å². The molecule has 0 bridgehead atoms. The zero-order valence-corrected chi connectivity index (χ0v) is 11.5. The summed E-state index contributed by atoms with van der Waals surface area (Å²) in [6, 6.07) is 0.807. The van der Waals surface area contributed by atoms with E-state index in [0.717, 1.165) is 0 Å². The van der Waals surface area contributed by atoms with Crippen LogP contribution in [0.3, 0.4) is 0 Å². The summed E-state index contributed by atoms with van der Waals surface area (Å²) < 4.78 is 26.9. The van der Waals surface area contributed by atoms with Crippen molar-refractivity contribution in [3.8, 4) is 0 Å². The number of nitrogens with one attached hydrogen (secondary N) is 1. The number of halogens is 3. The summed E-state index contributed by atoms with van der Waals surface area (Å²) in [5.74, 6) is -3.26. The summed E-state index contributed by atoms with van der Waals surface area (Å²) >= 11 is 3.16. The maximum atomic E-state index is 13.7. The number of rotatable bonds is 5. The van der Waals surface area contributed by atoms with Crippen LogP contribution >= 0.6 is 15.9 Å². The molecule has 104 valence electrons. The van der Waals surface area contributed by atoms with E-state index in [1.807, 2.05) is 0 Å². The third-order valence-corrected chi connectivity index (χ3v) is 3.26. The second kappa shape index (κ2) is 6.55. The van der Waals surface area contributed by atoms with Crippen LogP contribution in [0.5, 0.6) is 0 Å². The molecule has 1 rings (SSSR count). The maximum absolute atomic E-state index is 13.7. The first-order valence-corrected chi connectivity index (χ1v) is 6.53. The summed E-state index contributed by atoms with van der Waals surface area (Å²) in [6.07, 6.45) is 0.579. The highest BCUT2D eigenvalue weighted by molar-refractivity contribution is 9.09. The van der Waals surface area contributed by atoms with E-state index in [9.17, 15) is 23.7 Å². The van der Waals surface area contributed by atoms with Gasteiger partial charge in [0.1, 0.15) is 5.82 Å². The van der Waals surface area contributed by atoms with E-state index in [2.05, 4.69) is 21.2 Å². The molecule has 0 spiro atoms. The Morgan fingerprint density at radius 1 is 1.53 bits per heavy atom. The Kier molecular flexibility index (Phi) is 5.34. The lowest BCUT2D eigenvalue weighted by atomic mass is 10.1. The van der Waals surface area contributed by atoms with Gasteiger partial charge in [-0.1, -0.05) is 22.9 Å². The molecule has 19 heavy (non-hydrogen) atoms. The summed E-state index contributed by atoms with van der Waals surface area (Å²) in [6.45, 7) is 1.80. The van der Waals surface area contributed by atoms with E-state index in [0.29, 0.717) is 23.9 Å². The Labute approximate surface area is 116 Å². The molecule has 1 unspecified atom stereocenters. The van der Waals surface area contributed by atoms with Gasteiger partial charge in [0.25, 0.3) is 5.91 Å². The van der Waals surface area contributed by atoms with Crippen LogP contribution in [0.2, 0.25) is 0 Å². The van der Waals surface area contributed by atoms with Gasteiger partial charge < -0.3 is 5.32 Å². The van der Waals surface area contributed by atoms with Crippen molar-refractivity contribution >= 4 is 27.5 Å². The minimum Gasteiger partial charge on any atom is -0.348 e. The topological polar surface area (TPSA) is 72.2 Å². The number of carbonyl (C=O) groups is 1. The largest absolute Gasteiger partial charge is 0.348 e. The average molecular weight is 337 g/mol. The molecule has 1 atom stereocenters. The first-order chi connectivity index (χ1) is 8.90. The predicted octanol–water partition coefficient (Wildman–Crippen LogP) is 2.78. The van der Waals surface area contributed by atoms with Gasteiger partial charge in [0.15, 0.2) is 0 Å². The molecule has 0 saturated heterocycles. The van der Waals surface area contributed by atoms with Crippen LogP contribution in [0.25, 0.3) is 0 Å². The number of benzene rings is 1. The molecular formula is C11H11BrF2N2O3. The molecule has 0 aliphatic rings. The Bertz CT molecular complexity index is 507. The molecular weight excluding hydrogens is 326 g/mol. The third kappa shape index (κ3) is 3.69. The zero-order chi connectivity index (χ0) is 14.6. The van der Waals surface area contributed by atoms with Gasteiger partial charge in [-0.15, -0.1) is 0 Å². The monoisotopic (exact) mass is 336 g/mol. The van der Waals surface area contributed by atoms with Crippen molar-refractivity contribution in [2.45, 2.75) is 19.4 Å². The van der Waals surface area contributed by atoms with Gasteiger partial charge >= 0.3 is 5.69 Å². The summed E-state index contributed by atoms with van der Waals surface area (Å²) in [5, 5.41) is 13.4. The smallest absolute Gasteiger partial charge is 0.308 e. The first kappa shape index (κ1) is 15.5. The number of nitro groups is 1. The van der Waals surface area contributed by atoms with E-state index in [1.165, 1.54) is 0 Å². The molecule has 0 saturated carbocycles. The van der Waals surface area contributed by atoms with Crippen LogP contribution in [0.1, 0.15) is 23.7 Å².